The highest BCUT2D eigenvalue weighted by molar-refractivity contribution is 6.03. The summed E-state index contributed by atoms with van der Waals surface area (Å²) in [4.78, 5) is 50.4. The lowest BCUT2D eigenvalue weighted by atomic mass is 10.0. The molecule has 0 aromatic carbocycles. The lowest BCUT2D eigenvalue weighted by Crippen LogP contribution is -2.48. The second-order valence-electron chi connectivity index (χ2n) is 8.36. The van der Waals surface area contributed by atoms with E-state index in [1.165, 1.54) is 4.90 Å². The van der Waals surface area contributed by atoms with Crippen LogP contribution in [0.3, 0.4) is 0 Å². The smallest absolute Gasteiger partial charge is 0.232 e. The summed E-state index contributed by atoms with van der Waals surface area (Å²) in [6.45, 7) is 6.87. The first-order valence-corrected chi connectivity index (χ1v) is 10.8. The SMILES string of the molecule is CC1CN(C(=O)CCCCCNC(=O)CCCCCN2C(=O)C[C@H](C)C2=O)C1. The summed E-state index contributed by atoms with van der Waals surface area (Å²) < 4.78 is 0. The summed E-state index contributed by atoms with van der Waals surface area (Å²) >= 11 is 0. The highest BCUT2D eigenvalue weighted by Crippen LogP contribution is 2.19. The van der Waals surface area contributed by atoms with Gasteiger partial charge in [0, 0.05) is 51.4 Å². The summed E-state index contributed by atoms with van der Waals surface area (Å²) in [7, 11) is 0. The third-order valence-corrected chi connectivity index (χ3v) is 5.56. The summed E-state index contributed by atoms with van der Waals surface area (Å²) in [5, 5.41) is 2.92. The van der Waals surface area contributed by atoms with Gasteiger partial charge in [0.15, 0.2) is 0 Å². The third-order valence-electron chi connectivity index (χ3n) is 5.56. The van der Waals surface area contributed by atoms with E-state index in [-0.39, 0.29) is 29.5 Å². The molecule has 1 N–H and O–H groups in total. The fourth-order valence-corrected chi connectivity index (χ4v) is 3.77. The second-order valence-corrected chi connectivity index (χ2v) is 8.36. The molecule has 0 aromatic rings. The molecule has 1 atom stereocenters. The van der Waals surface area contributed by atoms with Crippen LogP contribution in [0, 0.1) is 11.8 Å². The highest BCUT2D eigenvalue weighted by Gasteiger charge is 2.34. The summed E-state index contributed by atoms with van der Waals surface area (Å²) in [5.41, 5.74) is 0. The molecule has 2 aliphatic heterocycles. The van der Waals surface area contributed by atoms with Crippen LogP contribution < -0.4 is 5.32 Å². The van der Waals surface area contributed by atoms with Crippen molar-refractivity contribution in [1.29, 1.82) is 0 Å². The van der Waals surface area contributed by atoms with Gasteiger partial charge in [0.2, 0.25) is 23.6 Å². The van der Waals surface area contributed by atoms with Crippen LogP contribution in [0.4, 0.5) is 0 Å². The molecule has 0 aromatic heterocycles. The molecule has 28 heavy (non-hydrogen) atoms. The van der Waals surface area contributed by atoms with E-state index in [0.29, 0.717) is 38.3 Å². The van der Waals surface area contributed by atoms with Gasteiger partial charge >= 0.3 is 0 Å². The van der Waals surface area contributed by atoms with Crippen molar-refractivity contribution in [2.45, 2.75) is 71.6 Å². The molecule has 0 saturated carbocycles. The maximum atomic E-state index is 11.8. The molecule has 0 unspecified atom stereocenters. The normalized spacial score (nSPS) is 19.9. The highest BCUT2D eigenvalue weighted by atomic mass is 16.2. The first-order valence-electron chi connectivity index (χ1n) is 10.8. The lowest BCUT2D eigenvalue weighted by molar-refractivity contribution is -0.139. The van der Waals surface area contributed by atoms with E-state index in [4.69, 9.17) is 0 Å². The van der Waals surface area contributed by atoms with Crippen LogP contribution in [0.25, 0.3) is 0 Å². The number of hydrogen-bond donors (Lipinski definition) is 1. The van der Waals surface area contributed by atoms with Crippen molar-refractivity contribution in [3.63, 3.8) is 0 Å². The Morgan fingerprint density at radius 1 is 0.964 bits per heavy atom. The van der Waals surface area contributed by atoms with Gasteiger partial charge in [-0.1, -0.05) is 26.7 Å². The molecule has 4 amide bonds. The van der Waals surface area contributed by atoms with Gasteiger partial charge < -0.3 is 10.2 Å². The van der Waals surface area contributed by atoms with Crippen LogP contribution in [-0.4, -0.2) is 59.6 Å². The number of hydrogen-bond acceptors (Lipinski definition) is 4. The molecule has 2 aliphatic rings. The topological polar surface area (TPSA) is 86.8 Å². The minimum Gasteiger partial charge on any atom is -0.356 e. The molecule has 0 spiro atoms. The van der Waals surface area contributed by atoms with E-state index in [9.17, 15) is 19.2 Å². The van der Waals surface area contributed by atoms with E-state index >= 15 is 0 Å². The van der Waals surface area contributed by atoms with Gasteiger partial charge in [0.05, 0.1) is 0 Å². The second kappa shape index (κ2) is 11.2. The van der Waals surface area contributed by atoms with Gasteiger partial charge in [-0.15, -0.1) is 0 Å². The van der Waals surface area contributed by atoms with Crippen LogP contribution in [-0.2, 0) is 19.2 Å². The average Bonchev–Trinajstić information content (AvgIpc) is 2.87. The van der Waals surface area contributed by atoms with Crippen LogP contribution in [0.15, 0.2) is 0 Å². The Morgan fingerprint density at radius 3 is 2.29 bits per heavy atom. The first-order chi connectivity index (χ1) is 13.4. The van der Waals surface area contributed by atoms with E-state index in [1.807, 2.05) is 4.90 Å². The molecule has 0 bridgehead atoms. The number of unbranched alkanes of at least 4 members (excludes halogenated alkanes) is 4. The Morgan fingerprint density at radius 2 is 1.64 bits per heavy atom. The van der Waals surface area contributed by atoms with Crippen LogP contribution >= 0.6 is 0 Å². The Kier molecular flexibility index (Phi) is 8.93. The molecule has 158 valence electrons. The zero-order chi connectivity index (χ0) is 20.5. The van der Waals surface area contributed by atoms with Crippen molar-refractivity contribution in [2.75, 3.05) is 26.2 Å². The van der Waals surface area contributed by atoms with Gasteiger partial charge in [0.25, 0.3) is 0 Å². The van der Waals surface area contributed by atoms with Crippen LogP contribution in [0.2, 0.25) is 0 Å². The average molecular weight is 394 g/mol. The zero-order valence-electron chi connectivity index (χ0n) is 17.4. The van der Waals surface area contributed by atoms with Gasteiger partial charge in [-0.05, 0) is 31.6 Å². The predicted molar refractivity (Wildman–Crippen MR) is 106 cm³/mol. The van der Waals surface area contributed by atoms with E-state index in [1.54, 1.807) is 6.92 Å². The molecule has 2 heterocycles. The number of amides is 4. The zero-order valence-corrected chi connectivity index (χ0v) is 17.4. The van der Waals surface area contributed by atoms with Gasteiger partial charge in [-0.2, -0.15) is 0 Å². The molecular weight excluding hydrogens is 358 g/mol. The van der Waals surface area contributed by atoms with E-state index in [2.05, 4.69) is 12.2 Å². The molecule has 0 radical (unpaired) electrons. The fraction of sp³-hybridized carbons (Fsp3) is 0.810. The maximum absolute atomic E-state index is 11.8. The Bertz CT molecular complexity index is 572. The van der Waals surface area contributed by atoms with E-state index < -0.39 is 0 Å². The number of nitrogens with zero attached hydrogens (tertiary/aromatic N) is 2. The van der Waals surface area contributed by atoms with Gasteiger partial charge in [-0.25, -0.2) is 0 Å². The summed E-state index contributed by atoms with van der Waals surface area (Å²) in [5.74, 6) is 0.630. The van der Waals surface area contributed by atoms with Crippen molar-refractivity contribution in [3.8, 4) is 0 Å². The van der Waals surface area contributed by atoms with Gasteiger partial charge in [0.1, 0.15) is 0 Å². The fourth-order valence-electron chi connectivity index (χ4n) is 3.77. The number of carbonyl (C=O) groups excluding carboxylic acids is 4. The molecule has 0 aliphatic carbocycles. The molecule has 2 fully saturated rings. The molecule has 2 rings (SSSR count). The minimum absolute atomic E-state index is 0.0487. The standard InChI is InChI=1S/C21H35N3O4/c1-16-14-23(15-16)19(26)10-6-3-7-11-22-18(25)9-5-4-8-12-24-20(27)13-17(2)21(24)28/h16-17H,3-15H2,1-2H3,(H,22,25)/t17-/m0/s1. The lowest BCUT2D eigenvalue weighted by Gasteiger charge is -2.37. The molecule has 7 heteroatoms. The number of nitrogens with one attached hydrogen (secondary N) is 1. The van der Waals surface area contributed by atoms with Crippen LogP contribution in [0.5, 0.6) is 0 Å². The monoisotopic (exact) mass is 393 g/mol. The first kappa shape index (κ1) is 22.4. The summed E-state index contributed by atoms with van der Waals surface area (Å²) in [6.07, 6.45) is 6.49. The number of carbonyl (C=O) groups is 4. The molecule has 2 saturated heterocycles. The van der Waals surface area contributed by atoms with Crippen molar-refractivity contribution in [1.82, 2.24) is 15.1 Å². The number of likely N-dealkylation sites (tertiary alicyclic amines) is 2. The minimum atomic E-state index is -0.184. The Labute approximate surface area is 168 Å². The van der Waals surface area contributed by atoms with Crippen LogP contribution in [0.1, 0.15) is 71.6 Å². The van der Waals surface area contributed by atoms with Crippen molar-refractivity contribution >= 4 is 23.6 Å². The van der Waals surface area contributed by atoms with E-state index in [0.717, 1.165) is 51.6 Å². The Balaban J connectivity index is 1.39. The number of rotatable bonds is 12. The maximum Gasteiger partial charge on any atom is 0.232 e. The van der Waals surface area contributed by atoms with Crippen molar-refractivity contribution in [3.05, 3.63) is 0 Å². The predicted octanol–water partition coefficient (Wildman–Crippen LogP) is 2.10. The van der Waals surface area contributed by atoms with Crippen molar-refractivity contribution in [2.24, 2.45) is 11.8 Å². The number of imide groups is 1. The van der Waals surface area contributed by atoms with Gasteiger partial charge in [-0.3, -0.25) is 24.1 Å². The quantitative estimate of drug-likeness (QED) is 0.406. The summed E-state index contributed by atoms with van der Waals surface area (Å²) in [6, 6.07) is 0. The molecule has 7 nitrogen and oxygen atoms in total. The Hall–Kier alpha value is -1.92. The largest absolute Gasteiger partial charge is 0.356 e. The molecular formula is C21H35N3O4. The van der Waals surface area contributed by atoms with Crippen molar-refractivity contribution < 1.29 is 19.2 Å². The third kappa shape index (κ3) is 6.91.